The molecule has 1 aliphatic rings. The number of hydrogen-bond acceptors (Lipinski definition) is 4. The van der Waals surface area contributed by atoms with Crippen LogP contribution in [0.5, 0.6) is 5.75 Å². The molecule has 5 heteroatoms. The first kappa shape index (κ1) is 11.9. The molecule has 2 unspecified atom stereocenters. The molecule has 1 aromatic rings. The molecule has 92 valence electrons. The summed E-state index contributed by atoms with van der Waals surface area (Å²) in [7, 11) is 1.70. The van der Waals surface area contributed by atoms with Crippen LogP contribution in [0.4, 0.5) is 5.69 Å². The molecule has 2 rings (SSSR count). The third kappa shape index (κ3) is 1.99. The summed E-state index contributed by atoms with van der Waals surface area (Å²) in [6.07, 6.45) is -0.468. The minimum Gasteiger partial charge on any atom is -0.479 e. The van der Waals surface area contributed by atoms with Crippen molar-refractivity contribution in [1.29, 1.82) is 0 Å². The van der Waals surface area contributed by atoms with Crippen molar-refractivity contribution in [2.75, 3.05) is 18.6 Å². The third-order valence-electron chi connectivity index (χ3n) is 2.95. The van der Waals surface area contributed by atoms with Gasteiger partial charge in [-0.2, -0.15) is 0 Å². The Hall–Kier alpha value is -1.59. The predicted octanol–water partition coefficient (Wildman–Crippen LogP) is 0.422. The van der Waals surface area contributed by atoms with E-state index in [1.165, 1.54) is 0 Å². The van der Waals surface area contributed by atoms with Crippen LogP contribution in [-0.4, -0.2) is 30.8 Å². The molecule has 0 aromatic heterocycles. The first-order valence-corrected chi connectivity index (χ1v) is 5.49. The van der Waals surface area contributed by atoms with Gasteiger partial charge in [-0.05, 0) is 24.6 Å². The smallest absolute Gasteiger partial charge is 0.267 e. The highest BCUT2D eigenvalue weighted by molar-refractivity contribution is 5.99. The zero-order valence-electron chi connectivity index (χ0n) is 9.88. The van der Waals surface area contributed by atoms with Gasteiger partial charge in [0.1, 0.15) is 5.75 Å². The molecular weight excluding hydrogens is 220 g/mol. The van der Waals surface area contributed by atoms with Gasteiger partial charge < -0.3 is 20.5 Å². The van der Waals surface area contributed by atoms with Crippen molar-refractivity contribution in [3.63, 3.8) is 0 Å². The molecule has 0 aliphatic carbocycles. The second kappa shape index (κ2) is 4.35. The largest absolute Gasteiger partial charge is 0.479 e. The lowest BCUT2D eigenvalue weighted by molar-refractivity contribution is -0.125. The van der Waals surface area contributed by atoms with Crippen LogP contribution in [0.2, 0.25) is 0 Å². The minimum atomic E-state index is -0.468. The molecular formula is C12H16N2O3. The van der Waals surface area contributed by atoms with Crippen molar-refractivity contribution in [2.24, 2.45) is 5.73 Å². The number of ether oxygens (including phenoxy) is 1. The van der Waals surface area contributed by atoms with Gasteiger partial charge in [0.05, 0.1) is 18.3 Å². The van der Waals surface area contributed by atoms with Crippen LogP contribution in [0, 0.1) is 0 Å². The maximum Gasteiger partial charge on any atom is 0.267 e. The number of aliphatic hydroxyl groups is 1. The lowest BCUT2D eigenvalue weighted by Crippen LogP contribution is -2.42. The van der Waals surface area contributed by atoms with Crippen molar-refractivity contribution < 1.29 is 14.6 Å². The third-order valence-corrected chi connectivity index (χ3v) is 2.95. The summed E-state index contributed by atoms with van der Waals surface area (Å²) >= 11 is 0. The average Bonchev–Trinajstić information content (AvgIpc) is 2.35. The fraction of sp³-hybridized carbons (Fsp3) is 0.417. The lowest BCUT2D eigenvalue weighted by Gasteiger charge is -2.30. The molecule has 5 nitrogen and oxygen atoms in total. The molecule has 0 radical (unpaired) electrons. The van der Waals surface area contributed by atoms with Gasteiger partial charge in [0.25, 0.3) is 5.91 Å². The van der Waals surface area contributed by atoms with Crippen LogP contribution in [0.1, 0.15) is 18.5 Å². The Bertz CT molecular complexity index is 447. The van der Waals surface area contributed by atoms with E-state index in [2.05, 4.69) is 0 Å². The van der Waals surface area contributed by atoms with E-state index in [4.69, 9.17) is 15.6 Å². The summed E-state index contributed by atoms with van der Waals surface area (Å²) in [6.45, 7) is 1.59. The zero-order valence-corrected chi connectivity index (χ0v) is 9.88. The van der Waals surface area contributed by atoms with E-state index < -0.39 is 12.1 Å². The van der Waals surface area contributed by atoms with E-state index >= 15 is 0 Å². The Morgan fingerprint density at radius 3 is 2.94 bits per heavy atom. The van der Waals surface area contributed by atoms with Crippen molar-refractivity contribution >= 4 is 11.6 Å². The first-order valence-electron chi connectivity index (χ1n) is 5.49. The molecule has 1 aromatic carbocycles. The van der Waals surface area contributed by atoms with E-state index in [0.29, 0.717) is 11.4 Å². The molecule has 0 saturated carbocycles. The molecule has 0 spiro atoms. The predicted molar refractivity (Wildman–Crippen MR) is 64.0 cm³/mol. The van der Waals surface area contributed by atoms with Crippen LogP contribution in [-0.2, 0) is 4.79 Å². The van der Waals surface area contributed by atoms with Gasteiger partial charge in [-0.15, -0.1) is 0 Å². The normalized spacial score (nSPS) is 20.8. The van der Waals surface area contributed by atoms with Crippen LogP contribution < -0.4 is 15.4 Å². The number of aliphatic hydroxyl groups excluding tert-OH is 1. The van der Waals surface area contributed by atoms with E-state index in [1.54, 1.807) is 37.1 Å². The number of anilines is 1. The highest BCUT2D eigenvalue weighted by Gasteiger charge is 2.29. The van der Waals surface area contributed by atoms with Crippen molar-refractivity contribution in [3.8, 4) is 5.75 Å². The van der Waals surface area contributed by atoms with Gasteiger partial charge in [0.15, 0.2) is 6.10 Å². The molecule has 1 aliphatic heterocycles. The highest BCUT2D eigenvalue weighted by atomic mass is 16.5. The summed E-state index contributed by atoms with van der Waals surface area (Å²) in [5.41, 5.74) is 7.21. The standard InChI is InChI=1S/C12H16N2O3/c1-7-12(16)14(2)10-5-8(9(13)6-15)3-4-11(10)17-7/h3-5,7,9,15H,6,13H2,1-2H3. The van der Waals surface area contributed by atoms with Gasteiger partial charge in [-0.1, -0.05) is 6.07 Å². The van der Waals surface area contributed by atoms with Crippen LogP contribution in [0.25, 0.3) is 0 Å². The van der Waals surface area contributed by atoms with Crippen LogP contribution in [0.15, 0.2) is 18.2 Å². The molecule has 1 heterocycles. The monoisotopic (exact) mass is 236 g/mol. The van der Waals surface area contributed by atoms with Gasteiger partial charge >= 0.3 is 0 Å². The van der Waals surface area contributed by atoms with Crippen molar-refractivity contribution in [1.82, 2.24) is 0 Å². The number of carbonyl (C=O) groups excluding carboxylic acids is 1. The molecule has 0 bridgehead atoms. The Kier molecular flexibility index (Phi) is 3.04. The maximum atomic E-state index is 11.8. The lowest BCUT2D eigenvalue weighted by atomic mass is 10.1. The van der Waals surface area contributed by atoms with Crippen molar-refractivity contribution in [3.05, 3.63) is 23.8 Å². The molecule has 0 fully saturated rings. The van der Waals surface area contributed by atoms with Gasteiger partial charge in [-0.3, -0.25) is 4.79 Å². The van der Waals surface area contributed by atoms with E-state index in [9.17, 15) is 4.79 Å². The Labute approximate surface area is 99.8 Å². The summed E-state index contributed by atoms with van der Waals surface area (Å²) in [5.74, 6) is 0.570. The quantitative estimate of drug-likeness (QED) is 0.780. The van der Waals surface area contributed by atoms with Crippen LogP contribution in [0.3, 0.4) is 0 Å². The van der Waals surface area contributed by atoms with Gasteiger partial charge in [0.2, 0.25) is 0 Å². The van der Waals surface area contributed by atoms with E-state index in [0.717, 1.165) is 5.56 Å². The second-order valence-electron chi connectivity index (χ2n) is 4.17. The molecule has 0 saturated heterocycles. The Morgan fingerprint density at radius 2 is 2.29 bits per heavy atom. The molecule has 3 N–H and O–H groups in total. The summed E-state index contributed by atoms with van der Waals surface area (Å²) in [6, 6.07) is 4.92. The fourth-order valence-corrected chi connectivity index (χ4v) is 1.86. The number of nitrogens with zero attached hydrogens (tertiary/aromatic N) is 1. The Balaban J connectivity index is 2.42. The molecule has 1 amide bonds. The van der Waals surface area contributed by atoms with E-state index in [1.807, 2.05) is 0 Å². The number of fused-ring (bicyclic) bond motifs is 1. The highest BCUT2D eigenvalue weighted by Crippen LogP contribution is 2.34. The first-order chi connectivity index (χ1) is 8.04. The Morgan fingerprint density at radius 1 is 1.59 bits per heavy atom. The number of rotatable bonds is 2. The number of carbonyl (C=O) groups is 1. The number of likely N-dealkylation sites (N-methyl/N-ethyl adjacent to an activating group) is 1. The number of amides is 1. The van der Waals surface area contributed by atoms with Gasteiger partial charge in [-0.25, -0.2) is 0 Å². The van der Waals surface area contributed by atoms with Gasteiger partial charge in [0, 0.05) is 7.05 Å². The summed E-state index contributed by atoms with van der Waals surface area (Å²) in [5, 5.41) is 9.02. The molecule has 2 atom stereocenters. The number of hydrogen-bond donors (Lipinski definition) is 2. The maximum absolute atomic E-state index is 11.8. The fourth-order valence-electron chi connectivity index (χ4n) is 1.86. The van der Waals surface area contributed by atoms with Crippen LogP contribution >= 0.6 is 0 Å². The average molecular weight is 236 g/mol. The minimum absolute atomic E-state index is 0.0905. The number of benzene rings is 1. The van der Waals surface area contributed by atoms with Crippen molar-refractivity contribution in [2.45, 2.75) is 19.1 Å². The SMILES string of the molecule is CC1Oc2ccc(C(N)CO)cc2N(C)C1=O. The summed E-state index contributed by atoms with van der Waals surface area (Å²) in [4.78, 5) is 13.3. The number of nitrogens with two attached hydrogens (primary N) is 1. The second-order valence-corrected chi connectivity index (χ2v) is 4.17. The topological polar surface area (TPSA) is 75.8 Å². The molecule has 17 heavy (non-hydrogen) atoms. The summed E-state index contributed by atoms with van der Waals surface area (Å²) < 4.78 is 5.49. The zero-order chi connectivity index (χ0) is 12.6. The van der Waals surface area contributed by atoms with E-state index in [-0.39, 0.29) is 12.5 Å².